The van der Waals surface area contributed by atoms with Crippen LogP contribution in [0.2, 0.25) is 0 Å². The van der Waals surface area contributed by atoms with Crippen LogP contribution in [0.3, 0.4) is 0 Å². The van der Waals surface area contributed by atoms with Gasteiger partial charge in [0.2, 0.25) is 0 Å². The molecule has 0 saturated heterocycles. The normalized spacial score (nSPS) is 18.2. The summed E-state index contributed by atoms with van der Waals surface area (Å²) in [5.74, 6) is -0.149. The first-order chi connectivity index (χ1) is 7.26. The van der Waals surface area contributed by atoms with Crippen LogP contribution in [0.15, 0.2) is 6.20 Å². The topological polar surface area (TPSA) is 70.7 Å². The van der Waals surface area contributed by atoms with Gasteiger partial charge in [-0.1, -0.05) is 6.42 Å². The molecule has 0 atom stereocenters. The van der Waals surface area contributed by atoms with E-state index in [-0.39, 0.29) is 10.7 Å². The SMILES string of the molecule is CSC1(CNC(=O)c2cn[nH]n2)CCC1. The van der Waals surface area contributed by atoms with Gasteiger partial charge in [0.05, 0.1) is 6.20 Å². The summed E-state index contributed by atoms with van der Waals surface area (Å²) in [6.07, 6.45) is 7.17. The Hall–Kier alpha value is -1.04. The van der Waals surface area contributed by atoms with Crippen LogP contribution >= 0.6 is 11.8 Å². The van der Waals surface area contributed by atoms with E-state index in [9.17, 15) is 4.79 Å². The number of aromatic amines is 1. The fourth-order valence-electron chi connectivity index (χ4n) is 1.67. The Morgan fingerprint density at radius 2 is 2.53 bits per heavy atom. The molecular weight excluding hydrogens is 212 g/mol. The van der Waals surface area contributed by atoms with Crippen molar-refractivity contribution < 1.29 is 4.79 Å². The second kappa shape index (κ2) is 4.22. The van der Waals surface area contributed by atoms with Gasteiger partial charge in [-0.3, -0.25) is 4.79 Å². The van der Waals surface area contributed by atoms with Crippen LogP contribution in [0.4, 0.5) is 0 Å². The Labute approximate surface area is 92.4 Å². The number of nitrogens with one attached hydrogen (secondary N) is 2. The number of hydrogen-bond donors (Lipinski definition) is 2. The Balaban J connectivity index is 1.85. The predicted octanol–water partition coefficient (Wildman–Crippen LogP) is 0.820. The first kappa shape index (κ1) is 10.5. The zero-order chi connectivity index (χ0) is 10.7. The van der Waals surface area contributed by atoms with E-state index in [0.29, 0.717) is 5.69 Å². The van der Waals surface area contributed by atoms with E-state index >= 15 is 0 Å². The van der Waals surface area contributed by atoms with E-state index in [0.717, 1.165) is 6.54 Å². The molecule has 6 heteroatoms. The minimum absolute atomic E-state index is 0.149. The van der Waals surface area contributed by atoms with Crippen molar-refractivity contribution in [1.29, 1.82) is 0 Å². The third kappa shape index (κ3) is 2.14. The fourth-order valence-corrected chi connectivity index (χ4v) is 2.58. The number of amides is 1. The van der Waals surface area contributed by atoms with Gasteiger partial charge in [-0.25, -0.2) is 0 Å². The molecule has 1 aromatic heterocycles. The first-order valence-electron chi connectivity index (χ1n) is 4.95. The average molecular weight is 226 g/mol. The molecule has 0 aliphatic heterocycles. The number of H-pyrrole nitrogens is 1. The van der Waals surface area contributed by atoms with E-state index in [2.05, 4.69) is 27.0 Å². The molecule has 2 N–H and O–H groups in total. The highest BCUT2D eigenvalue weighted by atomic mass is 32.2. The second-order valence-corrected chi connectivity index (χ2v) is 5.05. The summed E-state index contributed by atoms with van der Waals surface area (Å²) < 4.78 is 0.263. The van der Waals surface area contributed by atoms with Gasteiger partial charge in [-0.15, -0.1) is 0 Å². The van der Waals surface area contributed by atoms with Gasteiger partial charge in [0.25, 0.3) is 5.91 Å². The molecule has 1 aliphatic rings. The number of aromatic nitrogens is 3. The number of carbonyl (C=O) groups is 1. The number of thioether (sulfide) groups is 1. The summed E-state index contributed by atoms with van der Waals surface area (Å²) >= 11 is 1.84. The first-order valence-corrected chi connectivity index (χ1v) is 6.17. The average Bonchev–Trinajstić information content (AvgIpc) is 2.69. The second-order valence-electron chi connectivity index (χ2n) is 3.78. The molecule has 82 valence electrons. The molecule has 0 aromatic carbocycles. The summed E-state index contributed by atoms with van der Waals surface area (Å²) in [6.45, 7) is 0.722. The zero-order valence-corrected chi connectivity index (χ0v) is 9.43. The molecule has 5 nitrogen and oxygen atoms in total. The van der Waals surface area contributed by atoms with Crippen molar-refractivity contribution in [2.45, 2.75) is 24.0 Å². The van der Waals surface area contributed by atoms with Gasteiger partial charge < -0.3 is 5.32 Å². The Morgan fingerprint density at radius 1 is 1.73 bits per heavy atom. The molecule has 0 spiro atoms. The van der Waals surface area contributed by atoms with E-state index < -0.39 is 0 Å². The van der Waals surface area contributed by atoms with Crippen LogP contribution in [0.5, 0.6) is 0 Å². The van der Waals surface area contributed by atoms with Gasteiger partial charge >= 0.3 is 0 Å². The van der Waals surface area contributed by atoms with Crippen LogP contribution in [-0.2, 0) is 0 Å². The number of nitrogens with zero attached hydrogens (tertiary/aromatic N) is 2. The molecular formula is C9H14N4OS. The van der Waals surface area contributed by atoms with Gasteiger partial charge in [0.1, 0.15) is 0 Å². The van der Waals surface area contributed by atoms with E-state index in [1.165, 1.54) is 25.5 Å². The van der Waals surface area contributed by atoms with E-state index in [4.69, 9.17) is 0 Å². The van der Waals surface area contributed by atoms with Crippen molar-refractivity contribution in [3.63, 3.8) is 0 Å². The lowest BCUT2D eigenvalue weighted by molar-refractivity contribution is 0.0939. The lowest BCUT2D eigenvalue weighted by Gasteiger charge is -2.40. The molecule has 1 aliphatic carbocycles. The molecule has 15 heavy (non-hydrogen) atoms. The maximum atomic E-state index is 11.6. The van der Waals surface area contributed by atoms with Crippen LogP contribution in [0, 0.1) is 0 Å². The van der Waals surface area contributed by atoms with Crippen molar-refractivity contribution in [1.82, 2.24) is 20.7 Å². The minimum Gasteiger partial charge on any atom is -0.349 e. The van der Waals surface area contributed by atoms with Gasteiger partial charge in [0.15, 0.2) is 5.69 Å². The largest absolute Gasteiger partial charge is 0.349 e. The van der Waals surface area contributed by atoms with Crippen molar-refractivity contribution in [2.24, 2.45) is 0 Å². The highest BCUT2D eigenvalue weighted by Crippen LogP contribution is 2.42. The minimum atomic E-state index is -0.149. The molecule has 1 saturated carbocycles. The van der Waals surface area contributed by atoms with E-state index in [1.807, 2.05) is 11.8 Å². The highest BCUT2D eigenvalue weighted by Gasteiger charge is 2.36. The molecule has 1 heterocycles. The van der Waals surface area contributed by atoms with Crippen molar-refractivity contribution in [2.75, 3.05) is 12.8 Å². The molecule has 1 aromatic rings. The molecule has 1 fully saturated rings. The van der Waals surface area contributed by atoms with Crippen LogP contribution in [0.1, 0.15) is 29.8 Å². The maximum Gasteiger partial charge on any atom is 0.273 e. The van der Waals surface area contributed by atoms with Crippen molar-refractivity contribution in [3.8, 4) is 0 Å². The van der Waals surface area contributed by atoms with Gasteiger partial charge in [-0.2, -0.15) is 27.2 Å². The molecule has 1 amide bonds. The number of carbonyl (C=O) groups excluding carboxylic acids is 1. The Bertz CT molecular complexity index is 328. The zero-order valence-electron chi connectivity index (χ0n) is 8.62. The predicted molar refractivity (Wildman–Crippen MR) is 58.8 cm³/mol. The molecule has 0 unspecified atom stereocenters. The number of hydrogen-bond acceptors (Lipinski definition) is 4. The number of rotatable bonds is 4. The Kier molecular flexibility index (Phi) is 2.95. The fraction of sp³-hybridized carbons (Fsp3) is 0.667. The summed E-state index contributed by atoms with van der Waals surface area (Å²) in [7, 11) is 0. The molecule has 2 rings (SSSR count). The van der Waals surface area contributed by atoms with Gasteiger partial charge in [0, 0.05) is 11.3 Å². The summed E-state index contributed by atoms with van der Waals surface area (Å²) in [5.41, 5.74) is 0.352. The quantitative estimate of drug-likeness (QED) is 0.797. The standard InChI is InChI=1S/C9H14N4OS/c1-15-9(3-2-4-9)6-10-8(14)7-5-11-13-12-7/h5H,2-4,6H2,1H3,(H,10,14)(H,11,12,13). The summed E-state index contributed by atoms with van der Waals surface area (Å²) in [4.78, 5) is 11.6. The van der Waals surface area contributed by atoms with Crippen LogP contribution in [-0.4, -0.2) is 38.9 Å². The maximum absolute atomic E-state index is 11.6. The summed E-state index contributed by atoms with van der Waals surface area (Å²) in [6, 6.07) is 0. The lowest BCUT2D eigenvalue weighted by Crippen LogP contribution is -2.45. The van der Waals surface area contributed by atoms with Crippen LogP contribution in [0.25, 0.3) is 0 Å². The lowest BCUT2D eigenvalue weighted by atomic mass is 9.84. The smallest absolute Gasteiger partial charge is 0.273 e. The van der Waals surface area contributed by atoms with Crippen LogP contribution < -0.4 is 5.32 Å². The molecule has 0 bridgehead atoms. The van der Waals surface area contributed by atoms with Gasteiger partial charge in [-0.05, 0) is 19.1 Å². The highest BCUT2D eigenvalue weighted by molar-refractivity contribution is 8.00. The monoisotopic (exact) mass is 226 g/mol. The Morgan fingerprint density at radius 3 is 3.00 bits per heavy atom. The summed E-state index contributed by atoms with van der Waals surface area (Å²) in [5, 5.41) is 12.7. The molecule has 0 radical (unpaired) electrons. The van der Waals surface area contributed by atoms with Crippen molar-refractivity contribution >= 4 is 17.7 Å². The van der Waals surface area contributed by atoms with Crippen molar-refractivity contribution in [3.05, 3.63) is 11.9 Å². The van der Waals surface area contributed by atoms with E-state index in [1.54, 1.807) is 0 Å². The third-order valence-corrected chi connectivity index (χ3v) is 4.34. The third-order valence-electron chi connectivity index (χ3n) is 2.92.